The standard InChI is InChI=1S/C14H17F3O2/c1-19-10-5-4-8-13(18,9-10)11-6-2-3-7-12(11)14(15,16)17/h2-3,6-7,10,18H,4-5,8-9H2,1H3. The summed E-state index contributed by atoms with van der Waals surface area (Å²) < 4.78 is 44.2. The zero-order valence-electron chi connectivity index (χ0n) is 10.7. The first-order valence-electron chi connectivity index (χ1n) is 6.29. The van der Waals surface area contributed by atoms with Crippen LogP contribution in [0.2, 0.25) is 0 Å². The SMILES string of the molecule is COC1CCCC(O)(c2ccccc2C(F)(F)F)C1. The monoisotopic (exact) mass is 274 g/mol. The van der Waals surface area contributed by atoms with E-state index < -0.39 is 17.3 Å². The van der Waals surface area contributed by atoms with Gasteiger partial charge in [0.05, 0.1) is 17.3 Å². The van der Waals surface area contributed by atoms with Crippen LogP contribution in [0.4, 0.5) is 13.2 Å². The molecule has 0 amide bonds. The van der Waals surface area contributed by atoms with Gasteiger partial charge in [0, 0.05) is 13.5 Å². The molecule has 5 heteroatoms. The number of hydrogen-bond donors (Lipinski definition) is 1. The van der Waals surface area contributed by atoms with Crippen molar-refractivity contribution in [1.29, 1.82) is 0 Å². The molecule has 2 nitrogen and oxygen atoms in total. The number of rotatable bonds is 2. The van der Waals surface area contributed by atoms with E-state index in [-0.39, 0.29) is 18.1 Å². The fourth-order valence-corrected chi connectivity index (χ4v) is 2.78. The molecule has 2 unspecified atom stereocenters. The van der Waals surface area contributed by atoms with Crippen LogP contribution in [-0.2, 0) is 16.5 Å². The molecule has 1 saturated carbocycles. The molecule has 2 rings (SSSR count). The van der Waals surface area contributed by atoms with E-state index in [9.17, 15) is 18.3 Å². The van der Waals surface area contributed by atoms with Crippen molar-refractivity contribution in [1.82, 2.24) is 0 Å². The van der Waals surface area contributed by atoms with Crippen LogP contribution in [-0.4, -0.2) is 18.3 Å². The highest BCUT2D eigenvalue weighted by Gasteiger charge is 2.43. The number of ether oxygens (including phenoxy) is 1. The Hall–Kier alpha value is -1.07. The van der Waals surface area contributed by atoms with Crippen LogP contribution in [0.3, 0.4) is 0 Å². The number of methoxy groups -OCH3 is 1. The molecule has 0 aromatic heterocycles. The van der Waals surface area contributed by atoms with Crippen molar-refractivity contribution in [3.05, 3.63) is 35.4 Å². The van der Waals surface area contributed by atoms with Crippen LogP contribution in [0.1, 0.15) is 36.8 Å². The van der Waals surface area contributed by atoms with Crippen LogP contribution in [0, 0.1) is 0 Å². The Balaban J connectivity index is 2.40. The molecule has 0 saturated heterocycles. The normalized spacial score (nSPS) is 28.4. The highest BCUT2D eigenvalue weighted by molar-refractivity contribution is 5.35. The van der Waals surface area contributed by atoms with Crippen molar-refractivity contribution >= 4 is 0 Å². The minimum Gasteiger partial charge on any atom is -0.385 e. The molecule has 0 heterocycles. The summed E-state index contributed by atoms with van der Waals surface area (Å²) in [5.41, 5.74) is -2.25. The molecule has 0 radical (unpaired) electrons. The second-order valence-electron chi connectivity index (χ2n) is 5.03. The molecule has 0 spiro atoms. The van der Waals surface area contributed by atoms with Crippen LogP contribution in [0.5, 0.6) is 0 Å². The second kappa shape index (κ2) is 5.13. The van der Waals surface area contributed by atoms with Gasteiger partial charge in [-0.25, -0.2) is 0 Å². The quantitative estimate of drug-likeness (QED) is 0.894. The summed E-state index contributed by atoms with van der Waals surface area (Å²) in [5, 5.41) is 10.6. The highest BCUT2D eigenvalue weighted by Crippen LogP contribution is 2.43. The van der Waals surface area contributed by atoms with E-state index in [1.54, 1.807) is 0 Å². The zero-order valence-corrected chi connectivity index (χ0v) is 10.7. The molecule has 19 heavy (non-hydrogen) atoms. The summed E-state index contributed by atoms with van der Waals surface area (Å²) in [6, 6.07) is 5.25. The van der Waals surface area contributed by atoms with Gasteiger partial charge in [-0.15, -0.1) is 0 Å². The Morgan fingerprint density at radius 2 is 2.00 bits per heavy atom. The Morgan fingerprint density at radius 3 is 2.63 bits per heavy atom. The average molecular weight is 274 g/mol. The van der Waals surface area contributed by atoms with Gasteiger partial charge in [-0.1, -0.05) is 18.2 Å². The third-order valence-electron chi connectivity index (χ3n) is 3.75. The van der Waals surface area contributed by atoms with Crippen molar-refractivity contribution in [2.45, 2.75) is 43.6 Å². The van der Waals surface area contributed by atoms with E-state index in [4.69, 9.17) is 4.74 Å². The minimum absolute atomic E-state index is 0.0377. The molecule has 1 aliphatic carbocycles. The van der Waals surface area contributed by atoms with E-state index in [2.05, 4.69) is 0 Å². The molecule has 1 fully saturated rings. The highest BCUT2D eigenvalue weighted by atomic mass is 19.4. The molecule has 0 aliphatic heterocycles. The Kier molecular flexibility index (Phi) is 3.87. The molecule has 1 aliphatic rings. The number of hydrogen-bond acceptors (Lipinski definition) is 2. The number of alkyl halides is 3. The summed E-state index contributed by atoms with van der Waals surface area (Å²) >= 11 is 0. The Morgan fingerprint density at radius 1 is 1.32 bits per heavy atom. The second-order valence-corrected chi connectivity index (χ2v) is 5.03. The van der Waals surface area contributed by atoms with E-state index in [0.29, 0.717) is 12.8 Å². The first-order valence-corrected chi connectivity index (χ1v) is 6.29. The summed E-state index contributed by atoms with van der Waals surface area (Å²) in [6.07, 6.45) is -2.68. The van der Waals surface area contributed by atoms with Crippen molar-refractivity contribution in [2.75, 3.05) is 7.11 Å². The number of halogens is 3. The predicted molar refractivity (Wildman–Crippen MR) is 64.6 cm³/mol. The van der Waals surface area contributed by atoms with Gasteiger partial charge in [-0.2, -0.15) is 13.2 Å². The van der Waals surface area contributed by atoms with Gasteiger partial charge in [-0.3, -0.25) is 0 Å². The predicted octanol–water partition coefficient (Wildman–Crippen LogP) is 3.48. The van der Waals surface area contributed by atoms with E-state index in [0.717, 1.165) is 12.5 Å². The van der Waals surface area contributed by atoms with Gasteiger partial charge in [0.2, 0.25) is 0 Å². The largest absolute Gasteiger partial charge is 0.416 e. The Bertz CT molecular complexity index is 445. The van der Waals surface area contributed by atoms with Gasteiger partial charge in [0.25, 0.3) is 0 Å². The lowest BCUT2D eigenvalue weighted by Gasteiger charge is -2.37. The molecule has 2 atom stereocenters. The molecule has 0 bridgehead atoms. The average Bonchev–Trinajstić information content (AvgIpc) is 2.38. The summed E-state index contributed by atoms with van der Waals surface area (Å²) in [4.78, 5) is 0. The minimum atomic E-state index is -4.45. The van der Waals surface area contributed by atoms with Crippen LogP contribution >= 0.6 is 0 Å². The summed E-state index contributed by atoms with van der Waals surface area (Å²) in [6.45, 7) is 0. The van der Waals surface area contributed by atoms with Gasteiger partial charge in [0.15, 0.2) is 0 Å². The number of aliphatic hydroxyl groups is 1. The molecule has 106 valence electrons. The maximum Gasteiger partial charge on any atom is 0.416 e. The number of benzene rings is 1. The Labute approximate surface area is 110 Å². The third-order valence-corrected chi connectivity index (χ3v) is 3.75. The summed E-state index contributed by atoms with van der Waals surface area (Å²) in [7, 11) is 1.52. The van der Waals surface area contributed by atoms with E-state index in [1.165, 1.54) is 25.3 Å². The van der Waals surface area contributed by atoms with Gasteiger partial charge in [-0.05, 0) is 30.9 Å². The smallest absolute Gasteiger partial charge is 0.385 e. The zero-order chi connectivity index (χ0) is 14.1. The lowest BCUT2D eigenvalue weighted by atomic mass is 9.76. The first kappa shape index (κ1) is 14.3. The van der Waals surface area contributed by atoms with Crippen molar-refractivity contribution < 1.29 is 23.0 Å². The van der Waals surface area contributed by atoms with Crippen LogP contribution < -0.4 is 0 Å². The van der Waals surface area contributed by atoms with Gasteiger partial charge >= 0.3 is 6.18 Å². The molecule has 1 aromatic carbocycles. The van der Waals surface area contributed by atoms with Gasteiger partial charge < -0.3 is 9.84 Å². The van der Waals surface area contributed by atoms with Gasteiger partial charge in [0.1, 0.15) is 0 Å². The lowest BCUT2D eigenvalue weighted by molar-refractivity contribution is -0.143. The van der Waals surface area contributed by atoms with E-state index in [1.807, 2.05) is 0 Å². The van der Waals surface area contributed by atoms with Crippen molar-refractivity contribution in [3.63, 3.8) is 0 Å². The first-order chi connectivity index (χ1) is 8.87. The maximum atomic E-state index is 13.0. The summed E-state index contributed by atoms with van der Waals surface area (Å²) in [5.74, 6) is 0. The van der Waals surface area contributed by atoms with E-state index >= 15 is 0 Å². The van der Waals surface area contributed by atoms with Crippen molar-refractivity contribution in [2.24, 2.45) is 0 Å². The molecule has 1 N–H and O–H groups in total. The van der Waals surface area contributed by atoms with Crippen LogP contribution in [0.25, 0.3) is 0 Å². The molecular formula is C14H17F3O2. The molecular weight excluding hydrogens is 257 g/mol. The fraction of sp³-hybridized carbons (Fsp3) is 0.571. The fourth-order valence-electron chi connectivity index (χ4n) is 2.78. The third kappa shape index (κ3) is 2.92. The topological polar surface area (TPSA) is 29.5 Å². The van der Waals surface area contributed by atoms with Crippen molar-refractivity contribution in [3.8, 4) is 0 Å². The molecule has 1 aromatic rings. The lowest BCUT2D eigenvalue weighted by Crippen LogP contribution is -2.37. The maximum absolute atomic E-state index is 13.0. The van der Waals surface area contributed by atoms with Crippen LogP contribution in [0.15, 0.2) is 24.3 Å².